The van der Waals surface area contributed by atoms with Crippen LogP contribution in [0, 0.1) is 16.2 Å². The molecule has 1 amide bonds. The molecule has 0 aromatic heterocycles. The third-order valence-electron chi connectivity index (χ3n) is 4.51. The van der Waals surface area contributed by atoms with Gasteiger partial charge in [-0.3, -0.25) is 25.7 Å². The fourth-order valence-corrected chi connectivity index (χ4v) is 2.74. The van der Waals surface area contributed by atoms with Crippen molar-refractivity contribution in [3.63, 3.8) is 0 Å². The Kier molecular flexibility index (Phi) is 11.6. The van der Waals surface area contributed by atoms with Crippen molar-refractivity contribution in [2.45, 2.75) is 59.3 Å². The highest BCUT2D eigenvalue weighted by molar-refractivity contribution is 6.30. The maximum atomic E-state index is 11.8. The molecule has 0 unspecified atom stereocenters. The topological polar surface area (TPSA) is 130 Å². The Balaban J connectivity index is 2.01. The summed E-state index contributed by atoms with van der Waals surface area (Å²) >= 11 is 5.82. The summed E-state index contributed by atoms with van der Waals surface area (Å²) in [5.74, 6) is 0.0860. The van der Waals surface area contributed by atoms with Crippen LogP contribution in [0.25, 0.3) is 0 Å². The van der Waals surface area contributed by atoms with Gasteiger partial charge in [0.25, 0.3) is 0 Å². The standard InChI is InChI=1S/C22H35ClN6O2/c1-22(2,3)18(30)12-13-19(31)26-14-6-4-5-7-15-27-20(24)29-21(25)28-17-10-8-16(23)9-11-17/h8-11H,4-7,12-15H2,1-3H3,(H,26,31)(H5,24,25,27,28,29). The molecule has 0 heterocycles. The van der Waals surface area contributed by atoms with Gasteiger partial charge in [-0.2, -0.15) is 0 Å². The summed E-state index contributed by atoms with van der Waals surface area (Å²) in [6.07, 6.45) is 4.24. The highest BCUT2D eigenvalue weighted by Crippen LogP contribution is 2.17. The Hall–Kier alpha value is -2.61. The van der Waals surface area contributed by atoms with Crippen LogP contribution in [0.15, 0.2) is 24.3 Å². The number of nitrogens with one attached hydrogen (secondary N) is 6. The third kappa shape index (κ3) is 12.6. The van der Waals surface area contributed by atoms with Gasteiger partial charge in [0, 0.05) is 42.1 Å². The van der Waals surface area contributed by atoms with Gasteiger partial charge < -0.3 is 16.0 Å². The first-order valence-corrected chi connectivity index (χ1v) is 11.0. The van der Waals surface area contributed by atoms with Crippen LogP contribution in [-0.4, -0.2) is 36.7 Å². The first-order chi connectivity index (χ1) is 14.6. The van der Waals surface area contributed by atoms with Crippen molar-refractivity contribution in [3.05, 3.63) is 29.3 Å². The number of rotatable bonds is 11. The van der Waals surface area contributed by atoms with E-state index in [0.717, 1.165) is 25.7 Å². The van der Waals surface area contributed by atoms with Gasteiger partial charge in [0.05, 0.1) is 0 Å². The molecule has 0 aliphatic rings. The monoisotopic (exact) mass is 450 g/mol. The molecule has 0 bridgehead atoms. The molecule has 0 saturated heterocycles. The number of guanidine groups is 2. The Bertz CT molecular complexity index is 743. The van der Waals surface area contributed by atoms with Crippen molar-refractivity contribution in [1.82, 2.24) is 16.0 Å². The van der Waals surface area contributed by atoms with E-state index in [0.29, 0.717) is 23.8 Å². The largest absolute Gasteiger partial charge is 0.356 e. The van der Waals surface area contributed by atoms with E-state index >= 15 is 0 Å². The number of anilines is 1. The predicted molar refractivity (Wildman–Crippen MR) is 127 cm³/mol. The van der Waals surface area contributed by atoms with Gasteiger partial charge in [-0.15, -0.1) is 0 Å². The van der Waals surface area contributed by atoms with Crippen LogP contribution < -0.4 is 21.3 Å². The number of hydrogen-bond acceptors (Lipinski definition) is 4. The van der Waals surface area contributed by atoms with Crippen LogP contribution in [-0.2, 0) is 9.59 Å². The number of benzene rings is 1. The summed E-state index contributed by atoms with van der Waals surface area (Å²) in [6.45, 7) is 6.83. The maximum absolute atomic E-state index is 11.8. The molecule has 8 nitrogen and oxygen atoms in total. The first-order valence-electron chi connectivity index (χ1n) is 10.6. The fourth-order valence-electron chi connectivity index (χ4n) is 2.61. The molecule has 1 rings (SSSR count). The summed E-state index contributed by atoms with van der Waals surface area (Å²) in [4.78, 5) is 23.6. The molecular formula is C22H35ClN6O2. The highest BCUT2D eigenvalue weighted by Gasteiger charge is 2.21. The van der Waals surface area contributed by atoms with E-state index in [1.54, 1.807) is 24.3 Å². The van der Waals surface area contributed by atoms with Crippen LogP contribution in [0.3, 0.4) is 0 Å². The lowest BCUT2D eigenvalue weighted by molar-refractivity contribution is -0.129. The Morgan fingerprint density at radius 3 is 2.03 bits per heavy atom. The van der Waals surface area contributed by atoms with Crippen LogP contribution in [0.2, 0.25) is 5.02 Å². The molecule has 0 aliphatic heterocycles. The number of hydrogen-bond donors (Lipinski definition) is 6. The zero-order valence-corrected chi connectivity index (χ0v) is 19.4. The normalized spacial score (nSPS) is 10.8. The molecule has 9 heteroatoms. The summed E-state index contributed by atoms with van der Waals surface area (Å²) in [5.41, 5.74) is 0.316. The lowest BCUT2D eigenvalue weighted by atomic mass is 9.88. The summed E-state index contributed by atoms with van der Waals surface area (Å²) in [6, 6.07) is 6.95. The minimum absolute atomic E-state index is 0.000218. The second kappa shape index (κ2) is 13.6. The van der Waals surface area contributed by atoms with Crippen molar-refractivity contribution in [3.8, 4) is 0 Å². The van der Waals surface area contributed by atoms with Crippen molar-refractivity contribution < 1.29 is 9.59 Å². The molecule has 0 atom stereocenters. The molecule has 0 aliphatic carbocycles. The lowest BCUT2D eigenvalue weighted by Gasteiger charge is -2.16. The van der Waals surface area contributed by atoms with Crippen molar-refractivity contribution in [1.29, 1.82) is 10.8 Å². The Labute approximate surface area is 189 Å². The molecule has 1 aromatic rings. The quantitative estimate of drug-likeness (QED) is 0.173. The van der Waals surface area contributed by atoms with E-state index in [4.69, 9.17) is 22.4 Å². The second-order valence-electron chi connectivity index (χ2n) is 8.37. The average Bonchev–Trinajstić information content (AvgIpc) is 2.69. The Morgan fingerprint density at radius 1 is 0.871 bits per heavy atom. The molecular weight excluding hydrogens is 416 g/mol. The van der Waals surface area contributed by atoms with Gasteiger partial charge in [0.2, 0.25) is 5.91 Å². The molecule has 0 fully saturated rings. The zero-order valence-electron chi connectivity index (χ0n) is 18.7. The van der Waals surface area contributed by atoms with Crippen LogP contribution in [0.5, 0.6) is 0 Å². The van der Waals surface area contributed by atoms with Gasteiger partial charge in [-0.05, 0) is 37.1 Å². The summed E-state index contributed by atoms with van der Waals surface area (Å²) in [7, 11) is 0. The van der Waals surface area contributed by atoms with Crippen LogP contribution in [0.4, 0.5) is 5.69 Å². The molecule has 0 saturated carbocycles. The lowest BCUT2D eigenvalue weighted by Crippen LogP contribution is -2.43. The van der Waals surface area contributed by atoms with Gasteiger partial charge >= 0.3 is 0 Å². The number of carbonyl (C=O) groups is 2. The van der Waals surface area contributed by atoms with E-state index in [9.17, 15) is 9.59 Å². The minimum Gasteiger partial charge on any atom is -0.356 e. The fraction of sp³-hybridized carbons (Fsp3) is 0.545. The van der Waals surface area contributed by atoms with Crippen LogP contribution >= 0.6 is 11.6 Å². The Morgan fingerprint density at radius 2 is 1.45 bits per heavy atom. The molecule has 6 N–H and O–H groups in total. The number of unbranched alkanes of at least 4 members (excludes halogenated alkanes) is 3. The van der Waals surface area contributed by atoms with Crippen molar-refractivity contribution >= 4 is 40.9 Å². The van der Waals surface area contributed by atoms with Gasteiger partial charge in [0.1, 0.15) is 5.78 Å². The molecule has 172 valence electrons. The van der Waals surface area contributed by atoms with Gasteiger partial charge in [0.15, 0.2) is 11.9 Å². The summed E-state index contributed by atoms with van der Waals surface area (Å²) in [5, 5.41) is 27.5. The first kappa shape index (κ1) is 26.4. The molecule has 0 radical (unpaired) electrons. The number of carbonyl (C=O) groups excluding carboxylic acids is 2. The highest BCUT2D eigenvalue weighted by atomic mass is 35.5. The van der Waals surface area contributed by atoms with Crippen LogP contribution in [0.1, 0.15) is 59.3 Å². The SMILES string of the molecule is CC(C)(C)C(=O)CCC(=O)NCCCCCCNC(=N)NC(=N)Nc1ccc(Cl)cc1. The van der Waals surface area contributed by atoms with Crippen molar-refractivity contribution in [2.75, 3.05) is 18.4 Å². The molecule has 31 heavy (non-hydrogen) atoms. The van der Waals surface area contributed by atoms with E-state index in [1.807, 2.05) is 20.8 Å². The zero-order chi connectivity index (χ0) is 23.3. The number of halogens is 1. The number of Topliss-reactive ketones (excluding diaryl/α,β-unsaturated/α-hetero) is 1. The van der Waals surface area contributed by atoms with Gasteiger partial charge in [-0.25, -0.2) is 0 Å². The molecule has 0 spiro atoms. The smallest absolute Gasteiger partial charge is 0.220 e. The number of amides is 1. The van der Waals surface area contributed by atoms with E-state index in [2.05, 4.69) is 21.3 Å². The predicted octanol–water partition coefficient (Wildman–Crippen LogP) is 3.87. The number of ketones is 1. The third-order valence-corrected chi connectivity index (χ3v) is 4.76. The summed E-state index contributed by atoms with van der Waals surface area (Å²) < 4.78 is 0. The van der Waals surface area contributed by atoms with Gasteiger partial charge in [-0.1, -0.05) is 45.2 Å². The van der Waals surface area contributed by atoms with E-state index < -0.39 is 5.41 Å². The second-order valence-corrected chi connectivity index (χ2v) is 8.81. The maximum Gasteiger partial charge on any atom is 0.220 e. The molecule has 1 aromatic carbocycles. The van der Waals surface area contributed by atoms with E-state index in [1.165, 1.54) is 0 Å². The van der Waals surface area contributed by atoms with E-state index in [-0.39, 0.29) is 36.5 Å². The minimum atomic E-state index is -0.395. The average molecular weight is 451 g/mol. The van der Waals surface area contributed by atoms with Crippen molar-refractivity contribution in [2.24, 2.45) is 5.41 Å².